The number of pyridine rings is 2. The molecular weight excluding hydrogens is 440 g/mol. The first-order valence-corrected chi connectivity index (χ1v) is 12.6. The van der Waals surface area contributed by atoms with Crippen LogP contribution in [0.4, 0.5) is 0 Å². The van der Waals surface area contributed by atoms with E-state index in [9.17, 15) is 0 Å². The lowest BCUT2D eigenvalue weighted by molar-refractivity contribution is -0.955. The molecule has 6 aromatic rings. The fourth-order valence-corrected chi connectivity index (χ4v) is 6.99. The zero-order valence-corrected chi connectivity index (χ0v) is 19.8. The summed E-state index contributed by atoms with van der Waals surface area (Å²) in [6.07, 6.45) is 9.95. The number of aryl methyl sites for hydroxylation is 1. The first kappa shape index (κ1) is 18.8. The number of aromatic nitrogens is 2. The van der Waals surface area contributed by atoms with Gasteiger partial charge in [0.05, 0.1) is 5.56 Å². The SMILES string of the molecule is Cc1ccc2[n+](c1)C1(c3ccccc3-c3cccc[n+]31)c1ccc3c(oc4c5c(ccc43)CC=C5)c1-2. The van der Waals surface area contributed by atoms with Gasteiger partial charge in [-0.05, 0) is 55.3 Å². The van der Waals surface area contributed by atoms with Crippen molar-refractivity contribution < 1.29 is 13.6 Å². The number of hydrogen-bond acceptors (Lipinski definition) is 1. The van der Waals surface area contributed by atoms with Gasteiger partial charge in [0.1, 0.15) is 27.9 Å². The van der Waals surface area contributed by atoms with Crippen LogP contribution in [0.15, 0.2) is 102 Å². The number of nitrogens with zero attached hydrogens (tertiary/aromatic N) is 2. The van der Waals surface area contributed by atoms with Crippen molar-refractivity contribution in [3.05, 3.63) is 125 Å². The second-order valence-electron chi connectivity index (χ2n) is 10.2. The third kappa shape index (κ3) is 1.96. The quantitative estimate of drug-likeness (QED) is 0.242. The molecule has 9 rings (SSSR count). The number of fused-ring (bicyclic) bond motifs is 16. The minimum absolute atomic E-state index is 0.501. The van der Waals surface area contributed by atoms with E-state index < -0.39 is 5.66 Å². The molecule has 0 N–H and O–H groups in total. The van der Waals surface area contributed by atoms with Gasteiger partial charge in [-0.3, -0.25) is 0 Å². The van der Waals surface area contributed by atoms with Crippen molar-refractivity contribution in [1.82, 2.24) is 0 Å². The fourth-order valence-electron chi connectivity index (χ4n) is 6.99. The highest BCUT2D eigenvalue weighted by atomic mass is 16.3. The van der Waals surface area contributed by atoms with Crippen molar-refractivity contribution in [1.29, 1.82) is 0 Å². The maximum atomic E-state index is 6.83. The Morgan fingerprint density at radius 1 is 0.750 bits per heavy atom. The van der Waals surface area contributed by atoms with Crippen molar-refractivity contribution in [3.63, 3.8) is 0 Å². The largest absolute Gasteiger partial charge is 0.454 e. The second kappa shape index (κ2) is 6.19. The van der Waals surface area contributed by atoms with Crippen LogP contribution in [0.2, 0.25) is 0 Å². The van der Waals surface area contributed by atoms with Crippen LogP contribution in [-0.2, 0) is 12.1 Å². The molecule has 1 spiro atoms. The average Bonchev–Trinajstić information content (AvgIpc) is 3.66. The van der Waals surface area contributed by atoms with Crippen LogP contribution in [-0.4, -0.2) is 0 Å². The smallest absolute Gasteiger partial charge is 0.417 e. The lowest BCUT2D eigenvalue weighted by Crippen LogP contribution is -2.71. The van der Waals surface area contributed by atoms with Crippen molar-refractivity contribution in [3.8, 4) is 22.5 Å². The summed E-state index contributed by atoms with van der Waals surface area (Å²) in [6.45, 7) is 2.17. The molecule has 3 aliphatic rings. The lowest BCUT2D eigenvalue weighted by Gasteiger charge is -2.17. The van der Waals surface area contributed by atoms with Crippen LogP contribution in [0.3, 0.4) is 0 Å². The van der Waals surface area contributed by atoms with E-state index in [0.29, 0.717) is 0 Å². The molecule has 168 valence electrons. The molecule has 3 heteroatoms. The normalized spacial score (nSPS) is 18.0. The molecular formula is C33H22N2O+2. The molecule has 0 saturated heterocycles. The Labute approximate surface area is 208 Å². The fraction of sp³-hybridized carbons (Fsp3) is 0.0909. The number of hydrogen-bond donors (Lipinski definition) is 0. The summed E-state index contributed by atoms with van der Waals surface area (Å²) in [5.74, 6) is 0. The Morgan fingerprint density at radius 3 is 2.58 bits per heavy atom. The molecule has 1 aliphatic carbocycles. The second-order valence-corrected chi connectivity index (χ2v) is 10.2. The summed E-state index contributed by atoms with van der Waals surface area (Å²) in [7, 11) is 0. The molecule has 1 unspecified atom stereocenters. The van der Waals surface area contributed by atoms with E-state index in [2.05, 4.69) is 119 Å². The minimum Gasteiger partial charge on any atom is -0.454 e. The summed E-state index contributed by atoms with van der Waals surface area (Å²) in [5.41, 5.74) is 12.7. The van der Waals surface area contributed by atoms with Crippen LogP contribution >= 0.6 is 0 Å². The van der Waals surface area contributed by atoms with Crippen LogP contribution in [0.25, 0.3) is 50.5 Å². The Kier molecular flexibility index (Phi) is 3.23. The summed E-state index contributed by atoms with van der Waals surface area (Å²) < 4.78 is 11.7. The lowest BCUT2D eigenvalue weighted by atomic mass is 9.89. The van der Waals surface area contributed by atoms with Crippen molar-refractivity contribution in [2.45, 2.75) is 19.0 Å². The van der Waals surface area contributed by atoms with Gasteiger partial charge in [0.25, 0.3) is 0 Å². The van der Waals surface area contributed by atoms with Gasteiger partial charge < -0.3 is 4.42 Å². The summed E-state index contributed by atoms with van der Waals surface area (Å²) in [5, 5.41) is 2.37. The molecule has 1 atom stereocenters. The monoisotopic (exact) mass is 462 g/mol. The van der Waals surface area contributed by atoms with E-state index in [1.165, 1.54) is 61.1 Å². The van der Waals surface area contributed by atoms with Gasteiger partial charge in [-0.15, -0.1) is 9.13 Å². The highest BCUT2D eigenvalue weighted by Crippen LogP contribution is 2.50. The third-order valence-electron chi connectivity index (χ3n) is 8.42. The Morgan fingerprint density at radius 2 is 1.61 bits per heavy atom. The Balaban J connectivity index is 1.50. The zero-order valence-electron chi connectivity index (χ0n) is 19.8. The molecule has 0 amide bonds. The van der Waals surface area contributed by atoms with E-state index in [4.69, 9.17) is 4.42 Å². The predicted octanol–water partition coefficient (Wildman–Crippen LogP) is 6.30. The third-order valence-corrected chi connectivity index (χ3v) is 8.42. The van der Waals surface area contributed by atoms with Gasteiger partial charge >= 0.3 is 5.66 Å². The summed E-state index contributed by atoms with van der Waals surface area (Å²) >= 11 is 0. The number of rotatable bonds is 0. The van der Waals surface area contributed by atoms with Gasteiger partial charge in [0.15, 0.2) is 12.4 Å². The molecule has 0 radical (unpaired) electrons. The van der Waals surface area contributed by atoms with Gasteiger partial charge in [-0.2, -0.15) is 0 Å². The topological polar surface area (TPSA) is 20.9 Å². The number of benzene rings is 3. The van der Waals surface area contributed by atoms with Crippen molar-refractivity contribution >= 4 is 28.0 Å². The predicted molar refractivity (Wildman–Crippen MR) is 140 cm³/mol. The molecule has 3 aromatic heterocycles. The highest BCUT2D eigenvalue weighted by molar-refractivity contribution is 6.12. The van der Waals surface area contributed by atoms with E-state index in [-0.39, 0.29) is 0 Å². The Hall–Kier alpha value is -4.50. The van der Waals surface area contributed by atoms with Gasteiger partial charge in [0.2, 0.25) is 11.4 Å². The van der Waals surface area contributed by atoms with Gasteiger partial charge in [-0.25, -0.2) is 0 Å². The zero-order chi connectivity index (χ0) is 23.6. The van der Waals surface area contributed by atoms with Crippen molar-refractivity contribution in [2.75, 3.05) is 0 Å². The van der Waals surface area contributed by atoms with Crippen LogP contribution in [0, 0.1) is 6.92 Å². The van der Waals surface area contributed by atoms with E-state index in [0.717, 1.165) is 17.6 Å². The molecule has 3 nitrogen and oxygen atoms in total. The molecule has 3 aromatic carbocycles. The molecule has 36 heavy (non-hydrogen) atoms. The van der Waals surface area contributed by atoms with Gasteiger partial charge in [-0.1, -0.05) is 36.4 Å². The Bertz CT molecular complexity index is 1950. The molecule has 0 fully saturated rings. The van der Waals surface area contributed by atoms with Crippen LogP contribution < -0.4 is 9.13 Å². The van der Waals surface area contributed by atoms with Gasteiger partial charge in [0, 0.05) is 40.1 Å². The standard InChI is InChI=1S/C33H22N2O/c1-20-12-17-29-30-27(16-15-24-23-14-13-21-7-6-9-22(21)31(23)36-32(24)30)33(35(29)19-20)26-10-3-2-8-25(26)28-11-4-5-18-34(28)33/h2-6,8-19H,7H2,1H3/q+2. The van der Waals surface area contributed by atoms with Crippen LogP contribution in [0.5, 0.6) is 0 Å². The average molecular weight is 463 g/mol. The summed E-state index contributed by atoms with van der Waals surface area (Å²) in [6, 6.07) is 28.9. The maximum absolute atomic E-state index is 6.83. The molecule has 0 bridgehead atoms. The first-order valence-electron chi connectivity index (χ1n) is 12.6. The minimum atomic E-state index is -0.501. The van der Waals surface area contributed by atoms with E-state index in [1.807, 2.05) is 0 Å². The number of furan rings is 1. The molecule has 2 aliphatic heterocycles. The highest BCUT2D eigenvalue weighted by Gasteiger charge is 2.67. The van der Waals surface area contributed by atoms with E-state index >= 15 is 0 Å². The maximum Gasteiger partial charge on any atom is 0.417 e. The van der Waals surface area contributed by atoms with E-state index in [1.54, 1.807) is 0 Å². The van der Waals surface area contributed by atoms with Crippen molar-refractivity contribution in [2.24, 2.45) is 0 Å². The first-order chi connectivity index (χ1) is 17.8. The molecule has 0 saturated carbocycles. The number of allylic oxidation sites excluding steroid dienone is 1. The van der Waals surface area contributed by atoms with Crippen LogP contribution in [0.1, 0.15) is 27.8 Å². The molecule has 5 heterocycles. The summed E-state index contributed by atoms with van der Waals surface area (Å²) in [4.78, 5) is 0.